The average Bonchev–Trinajstić information content (AvgIpc) is 3.13. The molecule has 4 nitrogen and oxygen atoms in total. The van der Waals surface area contributed by atoms with Gasteiger partial charge in [-0.2, -0.15) is 0 Å². The van der Waals surface area contributed by atoms with Crippen LogP contribution < -0.4 is 9.47 Å². The molecule has 1 heterocycles. The molecule has 1 amide bonds. The summed E-state index contributed by atoms with van der Waals surface area (Å²) in [5, 5.41) is 0. The number of hydrogen-bond donors (Lipinski definition) is 0. The molecule has 3 rings (SSSR count). The summed E-state index contributed by atoms with van der Waals surface area (Å²) in [4.78, 5) is 14.9. The van der Waals surface area contributed by atoms with Crippen molar-refractivity contribution in [3.8, 4) is 11.5 Å². The highest BCUT2D eigenvalue weighted by Gasteiger charge is 2.30. The third-order valence-corrected chi connectivity index (χ3v) is 4.68. The van der Waals surface area contributed by atoms with Crippen molar-refractivity contribution in [3.05, 3.63) is 59.7 Å². The number of carbonyl (C=O) groups excluding carboxylic acids is 1. The lowest BCUT2D eigenvalue weighted by Gasteiger charge is -2.25. The topological polar surface area (TPSA) is 38.8 Å². The average molecular weight is 339 g/mol. The summed E-state index contributed by atoms with van der Waals surface area (Å²) in [6.07, 6.45) is 2.42. The summed E-state index contributed by atoms with van der Waals surface area (Å²) >= 11 is 0. The van der Waals surface area contributed by atoms with Gasteiger partial charge in [-0.3, -0.25) is 4.79 Å². The number of benzene rings is 2. The van der Waals surface area contributed by atoms with Crippen LogP contribution in [0.15, 0.2) is 48.5 Å². The monoisotopic (exact) mass is 339 g/mol. The fraction of sp³-hybridized carbons (Fsp3) is 0.381. The van der Waals surface area contributed by atoms with Crippen molar-refractivity contribution in [2.45, 2.75) is 32.2 Å². The maximum absolute atomic E-state index is 12.9. The Balaban J connectivity index is 1.73. The molecule has 25 heavy (non-hydrogen) atoms. The molecule has 4 heteroatoms. The predicted molar refractivity (Wildman–Crippen MR) is 98.0 cm³/mol. The molecule has 1 saturated heterocycles. The Bertz CT molecular complexity index is 711. The maximum Gasteiger partial charge on any atom is 0.227 e. The van der Waals surface area contributed by atoms with Gasteiger partial charge in [-0.05, 0) is 43.5 Å². The number of para-hydroxylation sites is 1. The molecule has 0 spiro atoms. The predicted octanol–water partition coefficient (Wildman–Crippen LogP) is 4.00. The van der Waals surface area contributed by atoms with E-state index in [0.717, 1.165) is 36.4 Å². The number of carbonyl (C=O) groups is 1. The van der Waals surface area contributed by atoms with Gasteiger partial charge in [0.15, 0.2) is 0 Å². The van der Waals surface area contributed by atoms with Crippen molar-refractivity contribution in [1.82, 2.24) is 4.90 Å². The van der Waals surface area contributed by atoms with Crippen molar-refractivity contribution in [3.63, 3.8) is 0 Å². The van der Waals surface area contributed by atoms with Crippen molar-refractivity contribution in [1.29, 1.82) is 0 Å². The molecule has 2 aromatic rings. The number of likely N-dealkylation sites (tertiary alicyclic amines) is 1. The van der Waals surface area contributed by atoms with Crippen LogP contribution in [0.1, 0.15) is 36.9 Å². The molecule has 0 bridgehead atoms. The highest BCUT2D eigenvalue weighted by Crippen LogP contribution is 2.33. The summed E-state index contributed by atoms with van der Waals surface area (Å²) < 4.78 is 10.9. The minimum absolute atomic E-state index is 0.151. The molecule has 1 atom stereocenters. The van der Waals surface area contributed by atoms with Crippen molar-refractivity contribution in [2.75, 3.05) is 20.3 Å². The van der Waals surface area contributed by atoms with Gasteiger partial charge in [-0.25, -0.2) is 0 Å². The fourth-order valence-electron chi connectivity index (χ4n) is 3.48. The summed E-state index contributed by atoms with van der Waals surface area (Å²) in [6.45, 7) is 3.45. The Hall–Kier alpha value is -2.49. The highest BCUT2D eigenvalue weighted by molar-refractivity contribution is 5.80. The van der Waals surface area contributed by atoms with Gasteiger partial charge in [-0.1, -0.05) is 30.3 Å². The zero-order valence-electron chi connectivity index (χ0n) is 14.9. The van der Waals surface area contributed by atoms with Crippen LogP contribution >= 0.6 is 0 Å². The second kappa shape index (κ2) is 8.06. The summed E-state index contributed by atoms with van der Waals surface area (Å²) in [5.74, 6) is 1.80. The molecule has 1 aliphatic rings. The van der Waals surface area contributed by atoms with Crippen LogP contribution in [-0.2, 0) is 11.2 Å². The first-order valence-corrected chi connectivity index (χ1v) is 8.87. The fourth-order valence-corrected chi connectivity index (χ4v) is 3.48. The van der Waals surface area contributed by atoms with Gasteiger partial charge in [0.1, 0.15) is 11.5 Å². The number of ether oxygens (including phenoxy) is 2. The van der Waals surface area contributed by atoms with Gasteiger partial charge in [-0.15, -0.1) is 0 Å². The molecular formula is C21H25NO3. The third-order valence-electron chi connectivity index (χ3n) is 4.68. The minimum atomic E-state index is 0.151. The number of hydrogen-bond acceptors (Lipinski definition) is 3. The molecule has 0 saturated carbocycles. The molecule has 0 aromatic heterocycles. The van der Waals surface area contributed by atoms with E-state index in [9.17, 15) is 4.79 Å². The van der Waals surface area contributed by atoms with Crippen LogP contribution in [0.3, 0.4) is 0 Å². The lowest BCUT2D eigenvalue weighted by molar-refractivity contribution is -0.131. The summed E-state index contributed by atoms with van der Waals surface area (Å²) in [7, 11) is 1.64. The van der Waals surface area contributed by atoms with E-state index in [0.29, 0.717) is 13.0 Å². The lowest BCUT2D eigenvalue weighted by atomic mass is 10.0. The van der Waals surface area contributed by atoms with E-state index in [4.69, 9.17) is 9.47 Å². The molecule has 1 aliphatic heterocycles. The first kappa shape index (κ1) is 17.3. The first-order valence-electron chi connectivity index (χ1n) is 8.87. The van der Waals surface area contributed by atoms with E-state index >= 15 is 0 Å². The second-order valence-electron chi connectivity index (χ2n) is 6.24. The molecule has 1 unspecified atom stereocenters. The molecule has 0 aliphatic carbocycles. The normalized spacial score (nSPS) is 16.7. The van der Waals surface area contributed by atoms with E-state index < -0.39 is 0 Å². The van der Waals surface area contributed by atoms with E-state index in [1.54, 1.807) is 7.11 Å². The van der Waals surface area contributed by atoms with Crippen LogP contribution in [-0.4, -0.2) is 31.1 Å². The molecule has 132 valence electrons. The van der Waals surface area contributed by atoms with Crippen molar-refractivity contribution < 1.29 is 14.3 Å². The van der Waals surface area contributed by atoms with E-state index in [1.807, 2.05) is 48.2 Å². The number of amides is 1. The molecular weight excluding hydrogens is 314 g/mol. The smallest absolute Gasteiger partial charge is 0.227 e. The Morgan fingerprint density at radius 1 is 1.16 bits per heavy atom. The first-order chi connectivity index (χ1) is 12.2. The van der Waals surface area contributed by atoms with Gasteiger partial charge in [0.2, 0.25) is 5.91 Å². The van der Waals surface area contributed by atoms with E-state index in [2.05, 4.69) is 12.1 Å². The largest absolute Gasteiger partial charge is 0.496 e. The summed E-state index contributed by atoms with van der Waals surface area (Å²) in [6, 6.07) is 16.0. The Kier molecular flexibility index (Phi) is 5.59. The van der Waals surface area contributed by atoms with Crippen LogP contribution in [0.2, 0.25) is 0 Å². The van der Waals surface area contributed by atoms with E-state index in [1.165, 1.54) is 5.56 Å². The van der Waals surface area contributed by atoms with Crippen molar-refractivity contribution in [2.24, 2.45) is 0 Å². The van der Waals surface area contributed by atoms with Crippen LogP contribution in [0.5, 0.6) is 11.5 Å². The Labute approximate surface area is 149 Å². The number of methoxy groups -OCH3 is 1. The van der Waals surface area contributed by atoms with Gasteiger partial charge in [0.05, 0.1) is 26.2 Å². The van der Waals surface area contributed by atoms with E-state index in [-0.39, 0.29) is 11.9 Å². The van der Waals surface area contributed by atoms with Crippen molar-refractivity contribution >= 4 is 5.91 Å². The Morgan fingerprint density at radius 2 is 1.92 bits per heavy atom. The number of nitrogens with zero attached hydrogens (tertiary/aromatic N) is 1. The highest BCUT2D eigenvalue weighted by atomic mass is 16.5. The van der Waals surface area contributed by atoms with Crippen LogP contribution in [0, 0.1) is 0 Å². The Morgan fingerprint density at radius 3 is 2.64 bits per heavy atom. The third kappa shape index (κ3) is 3.95. The summed E-state index contributed by atoms with van der Waals surface area (Å²) in [5.41, 5.74) is 2.11. The SMILES string of the molecule is CCOc1ccc(C2CCCN2C(=O)Cc2ccccc2OC)cc1. The minimum Gasteiger partial charge on any atom is -0.496 e. The lowest BCUT2D eigenvalue weighted by Crippen LogP contribution is -2.31. The quantitative estimate of drug-likeness (QED) is 0.798. The molecule has 0 radical (unpaired) electrons. The number of rotatable bonds is 6. The zero-order valence-corrected chi connectivity index (χ0v) is 14.9. The zero-order chi connectivity index (χ0) is 17.6. The van der Waals surface area contributed by atoms with Crippen LogP contribution in [0.4, 0.5) is 0 Å². The molecule has 1 fully saturated rings. The van der Waals surface area contributed by atoms with Gasteiger partial charge in [0, 0.05) is 12.1 Å². The van der Waals surface area contributed by atoms with Gasteiger partial charge in [0.25, 0.3) is 0 Å². The molecule has 0 N–H and O–H groups in total. The second-order valence-corrected chi connectivity index (χ2v) is 6.24. The van der Waals surface area contributed by atoms with Crippen LogP contribution in [0.25, 0.3) is 0 Å². The van der Waals surface area contributed by atoms with Gasteiger partial charge < -0.3 is 14.4 Å². The standard InChI is InChI=1S/C21H25NO3/c1-3-25-18-12-10-16(11-13-18)19-8-6-14-22(19)21(23)15-17-7-4-5-9-20(17)24-2/h4-5,7,9-13,19H,3,6,8,14-15H2,1-2H3. The van der Waals surface area contributed by atoms with Gasteiger partial charge >= 0.3 is 0 Å². The maximum atomic E-state index is 12.9. The molecule has 2 aromatic carbocycles.